The molecule has 0 heteroatoms. The smallest absolute Gasteiger partial charge is 0.0159 e. The molecule has 0 bridgehead atoms. The second-order valence-electron chi connectivity index (χ2n) is 12.2. The first kappa shape index (κ1) is 21.2. The van der Waals surface area contributed by atoms with E-state index < -0.39 is 0 Å². The van der Waals surface area contributed by atoms with Gasteiger partial charge in [0, 0.05) is 10.8 Å². The Balaban J connectivity index is 1.65. The molecule has 6 aromatic rings. The Morgan fingerprint density at radius 2 is 1.14 bits per heavy atom. The van der Waals surface area contributed by atoms with Gasteiger partial charge in [0.1, 0.15) is 0 Å². The van der Waals surface area contributed by atoms with Crippen molar-refractivity contribution in [2.24, 2.45) is 0 Å². The quantitative estimate of drug-likeness (QED) is 0.164. The van der Waals surface area contributed by atoms with Gasteiger partial charge in [-0.2, -0.15) is 0 Å². The average molecular weight is 475 g/mol. The van der Waals surface area contributed by atoms with Crippen molar-refractivity contribution >= 4 is 32.3 Å². The highest BCUT2D eigenvalue weighted by Crippen LogP contribution is 2.59. The van der Waals surface area contributed by atoms with Crippen molar-refractivity contribution < 1.29 is 0 Å². The van der Waals surface area contributed by atoms with E-state index in [9.17, 15) is 0 Å². The minimum Gasteiger partial charge on any atom is -0.0616 e. The molecule has 0 spiro atoms. The fraction of sp³-hybridized carbons (Fsp3) is 0.189. The number of fused-ring (bicyclic) bond motifs is 2. The summed E-state index contributed by atoms with van der Waals surface area (Å²) in [6, 6.07) is 34.8. The van der Waals surface area contributed by atoms with Gasteiger partial charge >= 0.3 is 0 Å². The molecule has 0 aromatic heterocycles. The Bertz CT molecular complexity index is 1960. The minimum absolute atomic E-state index is 0.0332. The Kier molecular flexibility index (Phi) is 3.84. The van der Waals surface area contributed by atoms with Crippen molar-refractivity contribution in [3.63, 3.8) is 0 Å². The van der Waals surface area contributed by atoms with Gasteiger partial charge in [0.2, 0.25) is 0 Å². The summed E-state index contributed by atoms with van der Waals surface area (Å²) in [6.45, 7) is 11.8. The number of benzene rings is 6. The second kappa shape index (κ2) is 6.69. The maximum absolute atomic E-state index is 2.52. The van der Waals surface area contributed by atoms with Crippen LogP contribution in [0, 0.1) is 6.92 Å². The second-order valence-corrected chi connectivity index (χ2v) is 12.2. The summed E-state index contributed by atoms with van der Waals surface area (Å²) >= 11 is 0. The molecule has 0 nitrogen and oxygen atoms in total. The predicted molar refractivity (Wildman–Crippen MR) is 159 cm³/mol. The Morgan fingerprint density at radius 3 is 1.89 bits per heavy atom. The SMILES string of the molecule is Cc1ccc(-c2cccc3c2cc2c4c5c6c(cccc6cc43)C(C)(C)c3cccc(c3-5)C2(C)C)cc1. The summed E-state index contributed by atoms with van der Waals surface area (Å²) in [7, 11) is 0. The fourth-order valence-corrected chi connectivity index (χ4v) is 7.52. The van der Waals surface area contributed by atoms with Crippen LogP contribution in [0.5, 0.6) is 0 Å². The molecule has 0 aliphatic heterocycles. The first-order valence-corrected chi connectivity index (χ1v) is 13.5. The van der Waals surface area contributed by atoms with E-state index in [0.29, 0.717) is 0 Å². The predicted octanol–water partition coefficient (Wildman–Crippen LogP) is 10.1. The van der Waals surface area contributed by atoms with E-state index in [2.05, 4.69) is 126 Å². The number of hydrogen-bond acceptors (Lipinski definition) is 0. The maximum Gasteiger partial charge on any atom is 0.0159 e. The molecule has 0 saturated carbocycles. The molecular formula is C37H30. The summed E-state index contributed by atoms with van der Waals surface area (Å²) in [5, 5.41) is 8.34. The summed E-state index contributed by atoms with van der Waals surface area (Å²) in [5.74, 6) is 0. The third-order valence-corrected chi connectivity index (χ3v) is 9.49. The zero-order valence-corrected chi connectivity index (χ0v) is 22.2. The first-order valence-electron chi connectivity index (χ1n) is 13.5. The van der Waals surface area contributed by atoms with Crippen molar-refractivity contribution in [3.8, 4) is 22.3 Å². The lowest BCUT2D eigenvalue weighted by atomic mass is 9.60. The standard InChI is InChI=1S/C37H30/c1-21-15-17-22(18-16-21)24-10-7-11-25-26(24)20-31-33-27(25)19-23-9-6-12-28-32(23)35(33)34-29(36(28,2)3)13-8-14-30(34)37(31,4)5/h6-20H,1-5H3. The molecule has 37 heavy (non-hydrogen) atoms. The Morgan fingerprint density at radius 1 is 0.486 bits per heavy atom. The molecule has 0 radical (unpaired) electrons. The minimum atomic E-state index is -0.0960. The van der Waals surface area contributed by atoms with Gasteiger partial charge in [-0.05, 0) is 95.9 Å². The van der Waals surface area contributed by atoms with E-state index >= 15 is 0 Å². The summed E-state index contributed by atoms with van der Waals surface area (Å²) in [4.78, 5) is 0. The van der Waals surface area contributed by atoms with Crippen LogP contribution in [-0.2, 0) is 10.8 Å². The van der Waals surface area contributed by atoms with E-state index in [1.54, 1.807) is 0 Å². The summed E-state index contributed by atoms with van der Waals surface area (Å²) < 4.78 is 0. The largest absolute Gasteiger partial charge is 0.0616 e. The molecule has 0 saturated heterocycles. The number of rotatable bonds is 1. The molecule has 0 N–H and O–H groups in total. The van der Waals surface area contributed by atoms with Crippen LogP contribution >= 0.6 is 0 Å². The molecule has 2 aliphatic rings. The Labute approximate surface area is 218 Å². The highest BCUT2D eigenvalue weighted by molar-refractivity contribution is 6.26. The molecule has 0 atom stereocenters. The molecule has 0 amide bonds. The topological polar surface area (TPSA) is 0 Å². The maximum atomic E-state index is 2.52. The van der Waals surface area contributed by atoms with E-state index in [1.807, 2.05) is 0 Å². The van der Waals surface area contributed by atoms with Crippen molar-refractivity contribution in [2.45, 2.75) is 45.4 Å². The van der Waals surface area contributed by atoms with Crippen LogP contribution in [0.2, 0.25) is 0 Å². The summed E-state index contributed by atoms with van der Waals surface area (Å²) in [5.41, 5.74) is 12.5. The zero-order valence-electron chi connectivity index (χ0n) is 22.2. The average Bonchev–Trinajstić information content (AvgIpc) is 2.89. The molecule has 178 valence electrons. The highest BCUT2D eigenvalue weighted by Gasteiger charge is 2.42. The van der Waals surface area contributed by atoms with E-state index in [-0.39, 0.29) is 10.8 Å². The zero-order chi connectivity index (χ0) is 25.3. The van der Waals surface area contributed by atoms with Crippen LogP contribution in [0.25, 0.3) is 54.6 Å². The van der Waals surface area contributed by atoms with Crippen LogP contribution in [0.4, 0.5) is 0 Å². The third-order valence-electron chi connectivity index (χ3n) is 9.49. The normalized spacial score (nSPS) is 16.1. The molecular weight excluding hydrogens is 444 g/mol. The van der Waals surface area contributed by atoms with Gasteiger partial charge in [-0.25, -0.2) is 0 Å². The monoisotopic (exact) mass is 474 g/mol. The van der Waals surface area contributed by atoms with Crippen LogP contribution in [0.3, 0.4) is 0 Å². The lowest BCUT2D eigenvalue weighted by Gasteiger charge is -2.43. The van der Waals surface area contributed by atoms with E-state index in [0.717, 1.165) is 0 Å². The van der Waals surface area contributed by atoms with Gasteiger partial charge in [-0.1, -0.05) is 112 Å². The number of aryl methyl sites for hydroxylation is 1. The summed E-state index contributed by atoms with van der Waals surface area (Å²) in [6.07, 6.45) is 0. The van der Waals surface area contributed by atoms with Gasteiger partial charge < -0.3 is 0 Å². The molecule has 2 aliphatic carbocycles. The van der Waals surface area contributed by atoms with Gasteiger partial charge in [-0.3, -0.25) is 0 Å². The fourth-order valence-electron chi connectivity index (χ4n) is 7.52. The van der Waals surface area contributed by atoms with Gasteiger partial charge in [-0.15, -0.1) is 0 Å². The van der Waals surface area contributed by atoms with Gasteiger partial charge in [0.25, 0.3) is 0 Å². The molecule has 0 heterocycles. The molecule has 6 aromatic carbocycles. The lowest BCUT2D eigenvalue weighted by molar-refractivity contribution is 0.619. The van der Waals surface area contributed by atoms with Gasteiger partial charge in [0.15, 0.2) is 0 Å². The Hall–Kier alpha value is -3.90. The molecule has 8 rings (SSSR count). The van der Waals surface area contributed by atoms with Crippen LogP contribution in [0.15, 0.2) is 91.0 Å². The van der Waals surface area contributed by atoms with Crippen molar-refractivity contribution in [2.75, 3.05) is 0 Å². The van der Waals surface area contributed by atoms with Crippen LogP contribution in [0.1, 0.15) is 55.5 Å². The van der Waals surface area contributed by atoms with Gasteiger partial charge in [0.05, 0.1) is 0 Å². The van der Waals surface area contributed by atoms with E-state index in [4.69, 9.17) is 0 Å². The molecule has 0 fully saturated rings. The van der Waals surface area contributed by atoms with Crippen LogP contribution in [-0.4, -0.2) is 0 Å². The van der Waals surface area contributed by atoms with Crippen molar-refractivity contribution in [3.05, 3.63) is 119 Å². The van der Waals surface area contributed by atoms with E-state index in [1.165, 1.54) is 82.4 Å². The van der Waals surface area contributed by atoms with Crippen molar-refractivity contribution in [1.29, 1.82) is 0 Å². The number of hydrogen-bond donors (Lipinski definition) is 0. The first-order chi connectivity index (χ1) is 17.8. The highest BCUT2D eigenvalue weighted by atomic mass is 14.4. The molecule has 0 unspecified atom stereocenters. The van der Waals surface area contributed by atoms with Crippen molar-refractivity contribution in [1.82, 2.24) is 0 Å². The third kappa shape index (κ3) is 2.49. The lowest BCUT2D eigenvalue weighted by Crippen LogP contribution is -2.30. The van der Waals surface area contributed by atoms with Crippen LogP contribution < -0.4 is 0 Å².